The van der Waals surface area contributed by atoms with E-state index < -0.39 is 6.10 Å². The first-order chi connectivity index (χ1) is 15.5. The van der Waals surface area contributed by atoms with Crippen molar-refractivity contribution < 1.29 is 19.4 Å². The first kappa shape index (κ1) is 21.5. The van der Waals surface area contributed by atoms with Crippen LogP contribution < -0.4 is 10.1 Å². The Labute approximate surface area is 185 Å². The molecule has 0 saturated heterocycles. The highest BCUT2D eigenvalue weighted by molar-refractivity contribution is 5.93. The second-order valence-electron chi connectivity index (χ2n) is 7.41. The number of hydrogen-bond donors (Lipinski definition) is 2. The highest BCUT2D eigenvalue weighted by Crippen LogP contribution is 2.29. The van der Waals surface area contributed by atoms with Crippen LogP contribution in [0.5, 0.6) is 5.75 Å². The maximum Gasteiger partial charge on any atom is 0.338 e. The molecular formula is C23H23N5O4. The summed E-state index contributed by atoms with van der Waals surface area (Å²) in [5, 5.41) is 27.4. The molecule has 2 aromatic heterocycles. The van der Waals surface area contributed by atoms with Gasteiger partial charge in [-0.1, -0.05) is 6.07 Å². The molecule has 0 saturated carbocycles. The molecule has 9 heteroatoms. The summed E-state index contributed by atoms with van der Waals surface area (Å²) in [7, 11) is 0. The van der Waals surface area contributed by atoms with Gasteiger partial charge in [0, 0.05) is 36.5 Å². The van der Waals surface area contributed by atoms with E-state index >= 15 is 0 Å². The minimum Gasteiger partial charge on any atom is -0.492 e. The van der Waals surface area contributed by atoms with Crippen LogP contribution in [0, 0.1) is 18.3 Å². The number of benzene rings is 1. The zero-order valence-electron chi connectivity index (χ0n) is 17.8. The van der Waals surface area contributed by atoms with E-state index in [1.165, 1.54) is 6.20 Å². The number of aromatic nitrogens is 3. The normalized spacial score (nSPS) is 13.4. The number of aliphatic hydroxyl groups is 1. The Morgan fingerprint density at radius 1 is 1.41 bits per heavy atom. The lowest BCUT2D eigenvalue weighted by Crippen LogP contribution is -2.21. The van der Waals surface area contributed by atoms with E-state index in [1.807, 2.05) is 20.0 Å². The van der Waals surface area contributed by atoms with E-state index in [4.69, 9.17) is 14.7 Å². The van der Waals surface area contributed by atoms with Crippen molar-refractivity contribution >= 4 is 5.97 Å². The Balaban J connectivity index is 1.39. The van der Waals surface area contributed by atoms with Crippen molar-refractivity contribution in [1.29, 1.82) is 5.26 Å². The van der Waals surface area contributed by atoms with Gasteiger partial charge in [-0.15, -0.1) is 0 Å². The number of esters is 1. The fraction of sp³-hybridized carbons (Fsp3) is 0.304. The third kappa shape index (κ3) is 4.19. The van der Waals surface area contributed by atoms with E-state index in [2.05, 4.69) is 21.5 Å². The first-order valence-corrected chi connectivity index (χ1v) is 10.3. The first-order valence-electron chi connectivity index (χ1n) is 10.3. The molecule has 0 aliphatic carbocycles. The van der Waals surface area contributed by atoms with Gasteiger partial charge in [-0.3, -0.25) is 0 Å². The maximum absolute atomic E-state index is 11.7. The van der Waals surface area contributed by atoms with Gasteiger partial charge >= 0.3 is 5.97 Å². The molecular weight excluding hydrogens is 410 g/mol. The average Bonchev–Trinajstić information content (AvgIpc) is 3.41. The molecule has 0 fully saturated rings. The summed E-state index contributed by atoms with van der Waals surface area (Å²) in [6.07, 6.45) is 4.28. The zero-order chi connectivity index (χ0) is 22.7. The van der Waals surface area contributed by atoms with Crippen molar-refractivity contribution in [2.45, 2.75) is 33.1 Å². The molecule has 0 spiro atoms. The van der Waals surface area contributed by atoms with Crippen molar-refractivity contribution in [2.75, 3.05) is 13.2 Å². The average molecular weight is 433 g/mol. The van der Waals surface area contributed by atoms with Gasteiger partial charge in [-0.25, -0.2) is 14.5 Å². The lowest BCUT2D eigenvalue weighted by Gasteiger charge is -2.16. The van der Waals surface area contributed by atoms with Crippen LogP contribution in [0.2, 0.25) is 0 Å². The number of nitriles is 1. The number of nitrogens with zero attached hydrogens (tertiary/aromatic N) is 4. The Kier molecular flexibility index (Phi) is 6.16. The number of carbonyl (C=O) groups is 1. The van der Waals surface area contributed by atoms with Gasteiger partial charge < -0.3 is 19.9 Å². The molecule has 1 aromatic carbocycles. The largest absolute Gasteiger partial charge is 0.492 e. The number of ether oxygens (including phenoxy) is 2. The molecule has 1 aliphatic heterocycles. The summed E-state index contributed by atoms with van der Waals surface area (Å²) in [5.41, 5.74) is 4.35. The molecule has 3 aromatic rings. The number of hydrogen-bond acceptors (Lipinski definition) is 8. The van der Waals surface area contributed by atoms with Crippen molar-refractivity contribution in [1.82, 2.24) is 20.1 Å². The van der Waals surface area contributed by atoms with E-state index in [-0.39, 0.29) is 12.6 Å². The number of aliphatic hydroxyl groups excluding tert-OH is 1. The fourth-order valence-electron chi connectivity index (χ4n) is 3.68. The van der Waals surface area contributed by atoms with E-state index in [9.17, 15) is 9.90 Å². The Hall–Kier alpha value is -3.74. The van der Waals surface area contributed by atoms with Crippen molar-refractivity contribution in [2.24, 2.45) is 0 Å². The van der Waals surface area contributed by atoms with Crippen LogP contribution in [0.4, 0.5) is 0 Å². The molecule has 164 valence electrons. The van der Waals surface area contributed by atoms with Gasteiger partial charge in [0.2, 0.25) is 0 Å². The van der Waals surface area contributed by atoms with Crippen LogP contribution >= 0.6 is 0 Å². The molecule has 1 unspecified atom stereocenters. The van der Waals surface area contributed by atoms with Crippen LogP contribution in [-0.2, 0) is 17.9 Å². The molecule has 0 bridgehead atoms. The smallest absolute Gasteiger partial charge is 0.338 e. The van der Waals surface area contributed by atoms with Gasteiger partial charge in [0.15, 0.2) is 5.82 Å². The molecule has 0 amide bonds. The standard InChI is InChI=1S/C23H23N5O4/c1-3-31-21-6-22(26-10-16(21)7-24)28-12-15(9-27-28)8-25-11-20(29)17-4-5-18-19(14(17)2)13-32-23(18)30/h4-6,9-10,12,20,25,29H,3,8,11,13H2,1-2H3. The van der Waals surface area contributed by atoms with E-state index in [0.717, 1.165) is 22.3 Å². The van der Waals surface area contributed by atoms with Gasteiger partial charge in [0.25, 0.3) is 0 Å². The molecule has 1 atom stereocenters. The number of rotatable bonds is 8. The Morgan fingerprint density at radius 3 is 3.03 bits per heavy atom. The maximum atomic E-state index is 11.7. The number of fused-ring (bicyclic) bond motifs is 1. The van der Waals surface area contributed by atoms with Crippen LogP contribution in [0.25, 0.3) is 5.82 Å². The molecule has 1 aliphatic rings. The SMILES string of the molecule is CCOc1cc(-n2cc(CNCC(O)c3ccc4c(c3C)COC4=O)cn2)ncc1C#N. The van der Waals surface area contributed by atoms with Gasteiger partial charge in [-0.05, 0) is 31.0 Å². The van der Waals surface area contributed by atoms with E-state index in [0.29, 0.717) is 42.4 Å². The van der Waals surface area contributed by atoms with Crippen LogP contribution in [0.15, 0.2) is 36.8 Å². The molecule has 0 radical (unpaired) electrons. The number of cyclic esters (lactones) is 1. The third-order valence-corrected chi connectivity index (χ3v) is 5.38. The number of pyridine rings is 1. The van der Waals surface area contributed by atoms with E-state index in [1.54, 1.807) is 29.1 Å². The second kappa shape index (κ2) is 9.18. The summed E-state index contributed by atoms with van der Waals surface area (Å²) in [6.45, 7) is 5.28. The topological polar surface area (TPSA) is 122 Å². The molecule has 9 nitrogen and oxygen atoms in total. The van der Waals surface area contributed by atoms with Crippen LogP contribution in [0.1, 0.15) is 51.2 Å². The molecule has 3 heterocycles. The monoisotopic (exact) mass is 433 g/mol. The highest BCUT2D eigenvalue weighted by Gasteiger charge is 2.25. The minimum absolute atomic E-state index is 0.252. The van der Waals surface area contributed by atoms with Crippen LogP contribution in [0.3, 0.4) is 0 Å². The lowest BCUT2D eigenvalue weighted by molar-refractivity contribution is 0.0535. The molecule has 4 rings (SSSR count). The Bertz CT molecular complexity index is 1200. The van der Waals surface area contributed by atoms with Gasteiger partial charge in [-0.2, -0.15) is 10.4 Å². The van der Waals surface area contributed by atoms with Crippen LogP contribution in [-0.4, -0.2) is 39.0 Å². The Morgan fingerprint density at radius 2 is 2.25 bits per heavy atom. The minimum atomic E-state index is -0.722. The summed E-state index contributed by atoms with van der Waals surface area (Å²) in [4.78, 5) is 16.0. The molecule has 2 N–H and O–H groups in total. The summed E-state index contributed by atoms with van der Waals surface area (Å²) in [6, 6.07) is 7.23. The summed E-state index contributed by atoms with van der Waals surface area (Å²) in [5.74, 6) is 0.698. The second-order valence-corrected chi connectivity index (χ2v) is 7.41. The van der Waals surface area contributed by atoms with Crippen molar-refractivity contribution in [3.8, 4) is 17.6 Å². The van der Waals surface area contributed by atoms with Gasteiger partial charge in [0.1, 0.15) is 24.0 Å². The zero-order valence-corrected chi connectivity index (χ0v) is 17.8. The number of carbonyl (C=O) groups excluding carboxylic acids is 1. The predicted molar refractivity (Wildman–Crippen MR) is 114 cm³/mol. The quantitative estimate of drug-likeness (QED) is 0.519. The predicted octanol–water partition coefficient (Wildman–Crippen LogP) is 2.34. The summed E-state index contributed by atoms with van der Waals surface area (Å²) < 4.78 is 12.2. The fourth-order valence-corrected chi connectivity index (χ4v) is 3.68. The summed E-state index contributed by atoms with van der Waals surface area (Å²) >= 11 is 0. The van der Waals surface area contributed by atoms with Crippen molar-refractivity contribution in [3.05, 3.63) is 70.2 Å². The van der Waals surface area contributed by atoms with Gasteiger partial charge in [0.05, 0.1) is 30.7 Å². The third-order valence-electron chi connectivity index (χ3n) is 5.38. The van der Waals surface area contributed by atoms with Crippen molar-refractivity contribution in [3.63, 3.8) is 0 Å². The highest BCUT2D eigenvalue weighted by atomic mass is 16.5. The number of nitrogens with one attached hydrogen (secondary N) is 1. The lowest BCUT2D eigenvalue weighted by atomic mass is 9.95. The molecule has 32 heavy (non-hydrogen) atoms.